The number of nitrogens with two attached hydrogens (primary N) is 5. The first-order valence-electron chi connectivity index (χ1n) is 25.1. The molecule has 0 saturated carbocycles. The highest BCUT2D eigenvalue weighted by molar-refractivity contribution is 6.01. The summed E-state index contributed by atoms with van der Waals surface area (Å²) in [5.41, 5.74) is 29.6. The van der Waals surface area contributed by atoms with Crippen molar-refractivity contribution in [1.82, 2.24) is 47.1 Å². The topological polar surface area (TPSA) is 412 Å². The van der Waals surface area contributed by atoms with E-state index in [1.807, 2.05) is 25.1 Å². The third-order valence-electron chi connectivity index (χ3n) is 11.9. The van der Waals surface area contributed by atoms with Crippen LogP contribution in [0.3, 0.4) is 0 Å². The Labute approximate surface area is 436 Å². The van der Waals surface area contributed by atoms with Crippen LogP contribution in [0.5, 0.6) is 0 Å². The first kappa shape index (κ1) is 61.2. The molecule has 0 bridgehead atoms. The van der Waals surface area contributed by atoms with E-state index >= 15 is 0 Å². The number of benzene rings is 2. The molecule has 0 spiro atoms. The van der Waals surface area contributed by atoms with Crippen LogP contribution < -0.4 is 65.9 Å². The average Bonchev–Trinajstić information content (AvgIpc) is 3.78. The molecule has 18 N–H and O–H groups in total. The number of guanidine groups is 2. The number of aliphatic imine (C=N–C) groups is 2. The van der Waals surface area contributed by atoms with Crippen molar-refractivity contribution < 1.29 is 43.2 Å². The van der Waals surface area contributed by atoms with Crippen LogP contribution in [0.15, 0.2) is 70.8 Å². The maximum atomic E-state index is 14.7. The molecule has 0 radical (unpaired) electrons. The smallest absolute Gasteiger partial charge is 0.324 e. The number of carbonyl (C=O) groups is 9. The minimum atomic E-state index is -1.42. The van der Waals surface area contributed by atoms with Crippen LogP contribution in [0.4, 0.5) is 4.79 Å². The lowest BCUT2D eigenvalue weighted by Gasteiger charge is -2.30. The number of nitrogens with one attached hydrogen (secondary N) is 8. The number of primary amides is 1. The summed E-state index contributed by atoms with van der Waals surface area (Å²) in [6, 6.07) is 7.26. The van der Waals surface area contributed by atoms with Crippen LogP contribution in [0.1, 0.15) is 89.2 Å². The van der Waals surface area contributed by atoms with E-state index in [2.05, 4.69) is 52.2 Å². The number of H-pyrrole nitrogens is 1. The van der Waals surface area contributed by atoms with E-state index in [4.69, 9.17) is 28.7 Å². The Morgan fingerprint density at radius 2 is 1.16 bits per heavy atom. The van der Waals surface area contributed by atoms with Gasteiger partial charge in [0.15, 0.2) is 11.9 Å². The minimum Gasteiger partial charge on any atom is -0.370 e. The molecule has 3 rings (SSSR count). The summed E-state index contributed by atoms with van der Waals surface area (Å²) < 4.78 is 0. The molecule has 2 aromatic carbocycles. The number of hydrogen-bond donors (Lipinski definition) is 13. The Morgan fingerprint density at radius 3 is 1.73 bits per heavy atom. The SMILES string of the molecule is CCCCN(C(=O)NC(Cc1ccccc1)C(=O)N[C@@H](CCCN=C(N)N)C(=O)N[C@@H](Cc1c[nH]c2ccccc12)C(=O)NC(CCC=O)C(N)=O)C(=O)C(CCCNC)NC(=O)[C@H](CCCN=C(N)N)NC(C)=O. The van der Waals surface area contributed by atoms with Crippen molar-refractivity contribution in [2.45, 2.75) is 127 Å². The number of amides is 9. The highest BCUT2D eigenvalue weighted by Crippen LogP contribution is 2.20. The fraction of sp³-hybridized carbons (Fsp3) is 0.500. The number of fused-ring (bicyclic) bond motifs is 1. The van der Waals surface area contributed by atoms with Crippen molar-refractivity contribution in [2.75, 3.05) is 33.2 Å². The van der Waals surface area contributed by atoms with Crippen LogP contribution in [0.2, 0.25) is 0 Å². The molecule has 0 aliphatic rings. The number of aldehydes is 1. The number of aromatic amines is 1. The van der Waals surface area contributed by atoms with Gasteiger partial charge < -0.3 is 75.7 Å². The van der Waals surface area contributed by atoms with Crippen molar-refractivity contribution in [1.29, 1.82) is 0 Å². The van der Waals surface area contributed by atoms with Crippen molar-refractivity contribution in [3.8, 4) is 0 Å². The molecule has 0 fully saturated rings. The normalized spacial score (nSPS) is 13.3. The lowest BCUT2D eigenvalue weighted by atomic mass is 10.0. The number of carbonyl (C=O) groups excluding carboxylic acids is 9. The number of hydrogen-bond acceptors (Lipinski definition) is 12. The number of rotatable bonds is 34. The molecule has 0 saturated heterocycles. The van der Waals surface area contributed by atoms with Gasteiger partial charge in [-0.2, -0.15) is 0 Å². The van der Waals surface area contributed by atoms with Gasteiger partial charge in [0.2, 0.25) is 35.4 Å². The highest BCUT2D eigenvalue weighted by atomic mass is 16.2. The number of para-hydroxylation sites is 1. The molecule has 6 atom stereocenters. The summed E-state index contributed by atoms with van der Waals surface area (Å²) in [4.78, 5) is 134. The maximum absolute atomic E-state index is 14.7. The standard InChI is InChI=1S/C50H76N16O9/c1-4-5-26-66(47(74)39(21-11-23-56-3)63-43(70)37(60-31(2)68)19-12-24-57-48(52)53)50(75)65-40(28-32-15-7-6-8-16-32)45(72)62-38(20-13-25-58-49(54)55)44(71)64-41(46(73)61-36(42(51)69)22-14-27-67)29-33-30-59-35-18-10-9-17-34(33)35/h6-10,15-18,27,30,36-41,56,59H,4-5,11-14,19-26,28-29H2,1-3H3,(H2,51,69)(H,60,68)(H,61,73)(H,62,72)(H,63,70)(H,64,71)(H,65,75)(H4,52,53,57)(H4,54,55,58)/t36?,37-,38-,39?,40?,41-/m0/s1. The van der Waals surface area contributed by atoms with Crippen LogP contribution in [-0.2, 0) is 51.2 Å². The van der Waals surface area contributed by atoms with Crippen molar-refractivity contribution in [2.24, 2.45) is 38.7 Å². The molecular formula is C50H76N16O9. The second kappa shape index (κ2) is 32.9. The van der Waals surface area contributed by atoms with Gasteiger partial charge in [0.1, 0.15) is 42.5 Å². The number of unbranched alkanes of at least 4 members (excludes halogenated alkanes) is 1. The van der Waals surface area contributed by atoms with E-state index in [0.717, 1.165) is 15.8 Å². The van der Waals surface area contributed by atoms with Crippen LogP contribution in [-0.4, -0.2) is 145 Å². The van der Waals surface area contributed by atoms with Crippen LogP contribution in [0, 0.1) is 0 Å². The first-order valence-corrected chi connectivity index (χ1v) is 25.1. The van der Waals surface area contributed by atoms with Gasteiger partial charge in [-0.15, -0.1) is 0 Å². The average molecular weight is 1050 g/mol. The summed E-state index contributed by atoms with van der Waals surface area (Å²) in [6.45, 7) is 3.68. The monoisotopic (exact) mass is 1040 g/mol. The Kier molecular flexibility index (Phi) is 26.8. The summed E-state index contributed by atoms with van der Waals surface area (Å²) >= 11 is 0. The van der Waals surface area contributed by atoms with Crippen molar-refractivity contribution >= 4 is 76.5 Å². The molecule has 3 aromatic rings. The lowest BCUT2D eigenvalue weighted by Crippen LogP contribution is -2.60. The summed E-state index contributed by atoms with van der Waals surface area (Å²) in [7, 11) is 1.72. The molecule has 410 valence electrons. The molecule has 25 heteroatoms. The fourth-order valence-corrected chi connectivity index (χ4v) is 7.97. The molecular weight excluding hydrogens is 969 g/mol. The predicted octanol–water partition coefficient (Wildman–Crippen LogP) is -1.32. The molecule has 25 nitrogen and oxygen atoms in total. The molecule has 1 heterocycles. The zero-order valence-corrected chi connectivity index (χ0v) is 43.0. The first-order chi connectivity index (χ1) is 35.9. The van der Waals surface area contributed by atoms with E-state index in [1.54, 1.807) is 49.6 Å². The van der Waals surface area contributed by atoms with Gasteiger partial charge in [-0.3, -0.25) is 48.4 Å². The van der Waals surface area contributed by atoms with Crippen LogP contribution >= 0.6 is 0 Å². The molecule has 0 aliphatic heterocycles. The van der Waals surface area contributed by atoms with E-state index in [-0.39, 0.29) is 82.9 Å². The second-order valence-electron chi connectivity index (χ2n) is 17.9. The number of aromatic nitrogens is 1. The number of imide groups is 1. The van der Waals surface area contributed by atoms with E-state index in [0.29, 0.717) is 49.6 Å². The number of urea groups is 1. The Balaban J connectivity index is 2.03. The Bertz CT molecular complexity index is 2420. The predicted molar refractivity (Wildman–Crippen MR) is 284 cm³/mol. The summed E-state index contributed by atoms with van der Waals surface area (Å²) in [5.74, 6) is -5.65. The lowest BCUT2D eigenvalue weighted by molar-refractivity contribution is -0.136. The van der Waals surface area contributed by atoms with Crippen molar-refractivity contribution in [3.63, 3.8) is 0 Å². The zero-order valence-electron chi connectivity index (χ0n) is 43.0. The maximum Gasteiger partial charge on any atom is 0.324 e. The highest BCUT2D eigenvalue weighted by Gasteiger charge is 2.36. The van der Waals surface area contributed by atoms with Gasteiger partial charge in [-0.05, 0) is 82.2 Å². The van der Waals surface area contributed by atoms with Crippen LogP contribution in [0.25, 0.3) is 10.9 Å². The molecule has 1 aromatic heterocycles. The Morgan fingerprint density at radius 1 is 0.627 bits per heavy atom. The van der Waals surface area contributed by atoms with Gasteiger partial charge in [0, 0.05) is 62.9 Å². The molecule has 0 aliphatic carbocycles. The van der Waals surface area contributed by atoms with Gasteiger partial charge in [-0.25, -0.2) is 4.79 Å². The summed E-state index contributed by atoms with van der Waals surface area (Å²) in [5, 5.41) is 19.9. The van der Waals surface area contributed by atoms with Gasteiger partial charge in [-0.1, -0.05) is 61.9 Å². The third kappa shape index (κ3) is 21.9. The van der Waals surface area contributed by atoms with Gasteiger partial charge in [0.25, 0.3) is 5.91 Å². The second-order valence-corrected chi connectivity index (χ2v) is 17.9. The largest absolute Gasteiger partial charge is 0.370 e. The molecule has 75 heavy (non-hydrogen) atoms. The zero-order chi connectivity index (χ0) is 55.3. The summed E-state index contributed by atoms with van der Waals surface area (Å²) in [6.07, 6.45) is 3.79. The van der Waals surface area contributed by atoms with Crippen molar-refractivity contribution in [3.05, 3.63) is 71.9 Å². The fourth-order valence-electron chi connectivity index (χ4n) is 7.97. The molecule has 9 amide bonds. The Hall–Kier alpha value is -8.09. The minimum absolute atomic E-state index is 0.0481. The number of nitrogens with zero attached hydrogens (tertiary/aromatic N) is 3. The van der Waals surface area contributed by atoms with E-state index in [9.17, 15) is 43.2 Å². The van der Waals surface area contributed by atoms with E-state index < -0.39 is 83.6 Å². The molecule has 3 unspecified atom stereocenters. The quantitative estimate of drug-likeness (QED) is 0.0143. The third-order valence-corrected chi connectivity index (χ3v) is 11.9. The van der Waals surface area contributed by atoms with Gasteiger partial charge in [0.05, 0.1) is 0 Å². The van der Waals surface area contributed by atoms with E-state index in [1.165, 1.54) is 6.92 Å². The van der Waals surface area contributed by atoms with Gasteiger partial charge >= 0.3 is 6.03 Å².